The van der Waals surface area contributed by atoms with E-state index in [1.54, 1.807) is 0 Å². The van der Waals surface area contributed by atoms with Crippen molar-refractivity contribution in [2.24, 2.45) is 0 Å². The van der Waals surface area contributed by atoms with Crippen LogP contribution in [-0.4, -0.2) is 15.1 Å². The molecule has 0 aliphatic heterocycles. The molecular weight excluding hydrogens is 291 g/mol. The lowest BCUT2D eigenvalue weighted by Gasteiger charge is -2.04. The van der Waals surface area contributed by atoms with Gasteiger partial charge in [0, 0.05) is 5.56 Å². The molecule has 0 fully saturated rings. The zero-order chi connectivity index (χ0) is 12.6. The summed E-state index contributed by atoms with van der Waals surface area (Å²) >= 11 is 3.04. The van der Waals surface area contributed by atoms with Gasteiger partial charge in [0.15, 0.2) is 0 Å². The molecule has 2 aromatic rings. The van der Waals surface area contributed by atoms with E-state index in [0.717, 1.165) is 0 Å². The highest BCUT2D eigenvalue weighted by molar-refractivity contribution is 9.10. The predicted octanol–water partition coefficient (Wildman–Crippen LogP) is 2.35. The Kier molecular flexibility index (Phi) is 2.97. The molecule has 2 N–H and O–H groups in total. The maximum Gasteiger partial charge on any atom is 0.257 e. The van der Waals surface area contributed by atoms with E-state index < -0.39 is 11.4 Å². The van der Waals surface area contributed by atoms with Crippen LogP contribution < -0.4 is 5.56 Å². The Labute approximate surface area is 104 Å². The van der Waals surface area contributed by atoms with Gasteiger partial charge in [-0.3, -0.25) is 4.79 Å². The van der Waals surface area contributed by atoms with Crippen molar-refractivity contribution in [3.05, 3.63) is 44.4 Å². The van der Waals surface area contributed by atoms with Crippen LogP contribution in [-0.2, 0) is 0 Å². The lowest BCUT2D eigenvalue weighted by molar-refractivity contribution is 0.447. The molecule has 0 amide bonds. The molecule has 4 nitrogen and oxygen atoms in total. The summed E-state index contributed by atoms with van der Waals surface area (Å²) in [5, 5.41) is 9.45. The van der Waals surface area contributed by atoms with Gasteiger partial charge in [-0.25, -0.2) is 4.39 Å². The number of rotatable bonds is 1. The maximum absolute atomic E-state index is 13.0. The predicted molar refractivity (Wildman–Crippen MR) is 64.4 cm³/mol. The Balaban J connectivity index is 2.61. The van der Waals surface area contributed by atoms with Crippen molar-refractivity contribution in [2.75, 3.05) is 0 Å². The van der Waals surface area contributed by atoms with Gasteiger partial charge in [-0.05, 0) is 41.1 Å². The second-order valence-corrected chi connectivity index (χ2v) is 4.35. The summed E-state index contributed by atoms with van der Waals surface area (Å²) in [5.74, 6) is -0.546. The quantitative estimate of drug-likeness (QED) is 0.849. The Hall–Kier alpha value is -1.69. The summed E-state index contributed by atoms with van der Waals surface area (Å²) in [5.41, 5.74) is 0.230. The van der Waals surface area contributed by atoms with Crippen molar-refractivity contribution in [2.45, 2.75) is 6.92 Å². The molecule has 1 aromatic carbocycles. The second-order valence-electron chi connectivity index (χ2n) is 3.49. The molecule has 6 heteroatoms. The zero-order valence-corrected chi connectivity index (χ0v) is 10.4. The van der Waals surface area contributed by atoms with Crippen molar-refractivity contribution in [1.82, 2.24) is 9.97 Å². The van der Waals surface area contributed by atoms with Crippen LogP contribution in [0, 0.1) is 12.7 Å². The topological polar surface area (TPSA) is 66.0 Å². The molecule has 0 atom stereocenters. The number of halogens is 2. The van der Waals surface area contributed by atoms with Gasteiger partial charge in [-0.2, -0.15) is 4.98 Å². The van der Waals surface area contributed by atoms with E-state index in [2.05, 4.69) is 25.9 Å². The first-order valence-electron chi connectivity index (χ1n) is 4.74. The molecule has 1 heterocycles. The monoisotopic (exact) mass is 298 g/mol. The van der Waals surface area contributed by atoms with Crippen LogP contribution in [0.15, 0.2) is 27.5 Å². The number of benzene rings is 1. The number of aromatic nitrogens is 2. The van der Waals surface area contributed by atoms with Gasteiger partial charge in [0.2, 0.25) is 5.88 Å². The van der Waals surface area contributed by atoms with E-state index >= 15 is 0 Å². The number of aromatic amines is 1. The summed E-state index contributed by atoms with van der Waals surface area (Å²) < 4.78 is 13.3. The molecule has 0 aliphatic rings. The van der Waals surface area contributed by atoms with Gasteiger partial charge in [0.05, 0.1) is 10.0 Å². The van der Waals surface area contributed by atoms with E-state index in [1.165, 1.54) is 25.1 Å². The molecule has 0 spiro atoms. The lowest BCUT2D eigenvalue weighted by atomic mass is 10.2. The van der Waals surface area contributed by atoms with Crippen molar-refractivity contribution in [3.63, 3.8) is 0 Å². The van der Waals surface area contributed by atoms with E-state index in [0.29, 0.717) is 5.56 Å². The summed E-state index contributed by atoms with van der Waals surface area (Å²) in [7, 11) is 0. The van der Waals surface area contributed by atoms with Gasteiger partial charge < -0.3 is 10.1 Å². The summed E-state index contributed by atoms with van der Waals surface area (Å²) in [4.78, 5) is 17.8. The Morgan fingerprint density at radius 1 is 1.47 bits per heavy atom. The van der Waals surface area contributed by atoms with Gasteiger partial charge >= 0.3 is 0 Å². The van der Waals surface area contributed by atoms with Crippen LogP contribution in [0.2, 0.25) is 0 Å². The largest absolute Gasteiger partial charge is 0.493 e. The summed E-state index contributed by atoms with van der Waals surface area (Å²) in [6, 6.07) is 4.19. The molecule has 2 rings (SSSR count). The van der Waals surface area contributed by atoms with Crippen LogP contribution in [0.4, 0.5) is 4.39 Å². The number of nitrogens with zero attached hydrogens (tertiary/aromatic N) is 1. The van der Waals surface area contributed by atoms with Crippen molar-refractivity contribution in [1.29, 1.82) is 0 Å². The van der Waals surface area contributed by atoms with Gasteiger partial charge in [-0.1, -0.05) is 0 Å². The van der Waals surface area contributed by atoms with E-state index in [4.69, 9.17) is 0 Å². The number of hydrogen-bond acceptors (Lipinski definition) is 3. The minimum absolute atomic E-state index is 0.148. The summed E-state index contributed by atoms with van der Waals surface area (Å²) in [6.45, 7) is 1.46. The van der Waals surface area contributed by atoms with Crippen LogP contribution in [0.5, 0.6) is 5.88 Å². The van der Waals surface area contributed by atoms with E-state index in [9.17, 15) is 14.3 Å². The normalized spacial score (nSPS) is 10.5. The minimum atomic E-state index is -0.423. The molecule has 0 saturated carbocycles. The molecule has 0 radical (unpaired) electrons. The maximum atomic E-state index is 13.0. The molecule has 1 aromatic heterocycles. The lowest BCUT2D eigenvalue weighted by Crippen LogP contribution is -2.12. The average molecular weight is 299 g/mol. The minimum Gasteiger partial charge on any atom is -0.493 e. The standard InChI is InChI=1S/C11H8BrFN2O2/c1-5-10(16)14-9(15-11(5)17)6-2-3-8(13)7(12)4-6/h2-4H,1H3,(H2,14,15,16,17). The van der Waals surface area contributed by atoms with Crippen molar-refractivity contribution in [3.8, 4) is 17.3 Å². The zero-order valence-electron chi connectivity index (χ0n) is 8.79. The van der Waals surface area contributed by atoms with E-state index in [-0.39, 0.29) is 21.7 Å². The van der Waals surface area contributed by atoms with Crippen LogP contribution >= 0.6 is 15.9 Å². The van der Waals surface area contributed by atoms with Crippen molar-refractivity contribution >= 4 is 15.9 Å². The second kappa shape index (κ2) is 4.29. The molecule has 0 bridgehead atoms. The Bertz CT molecular complexity index is 640. The smallest absolute Gasteiger partial charge is 0.257 e. The third-order valence-corrected chi connectivity index (χ3v) is 2.93. The van der Waals surface area contributed by atoms with Gasteiger partial charge in [0.1, 0.15) is 11.6 Å². The first kappa shape index (κ1) is 11.8. The third-order valence-electron chi connectivity index (χ3n) is 2.32. The highest BCUT2D eigenvalue weighted by Gasteiger charge is 2.09. The van der Waals surface area contributed by atoms with Gasteiger partial charge in [-0.15, -0.1) is 0 Å². The fraction of sp³-hybridized carbons (Fsp3) is 0.0909. The highest BCUT2D eigenvalue weighted by atomic mass is 79.9. The number of H-pyrrole nitrogens is 1. The van der Waals surface area contributed by atoms with Crippen LogP contribution in [0.3, 0.4) is 0 Å². The Morgan fingerprint density at radius 3 is 2.76 bits per heavy atom. The Morgan fingerprint density at radius 2 is 2.18 bits per heavy atom. The first-order chi connectivity index (χ1) is 7.99. The molecule has 88 valence electrons. The molecule has 0 saturated heterocycles. The van der Waals surface area contributed by atoms with Crippen LogP contribution in [0.1, 0.15) is 5.56 Å². The number of aromatic hydroxyl groups is 1. The SMILES string of the molecule is Cc1c(O)nc(-c2ccc(F)c(Br)c2)[nH]c1=O. The summed E-state index contributed by atoms with van der Waals surface area (Å²) in [6.07, 6.45) is 0. The van der Waals surface area contributed by atoms with Gasteiger partial charge in [0.25, 0.3) is 5.56 Å². The fourth-order valence-corrected chi connectivity index (χ4v) is 1.68. The van der Waals surface area contributed by atoms with Crippen molar-refractivity contribution < 1.29 is 9.50 Å². The number of hydrogen-bond donors (Lipinski definition) is 2. The molecule has 0 aliphatic carbocycles. The van der Waals surface area contributed by atoms with Crippen LogP contribution in [0.25, 0.3) is 11.4 Å². The third kappa shape index (κ3) is 2.21. The molecule has 0 unspecified atom stereocenters. The highest BCUT2D eigenvalue weighted by Crippen LogP contribution is 2.23. The molecule has 17 heavy (non-hydrogen) atoms. The number of nitrogens with one attached hydrogen (secondary N) is 1. The van der Waals surface area contributed by atoms with E-state index in [1.807, 2.05) is 0 Å². The average Bonchev–Trinajstić information content (AvgIpc) is 2.29. The first-order valence-corrected chi connectivity index (χ1v) is 5.53. The fourth-order valence-electron chi connectivity index (χ4n) is 1.30. The molecular formula is C11H8BrFN2O2.